The summed E-state index contributed by atoms with van der Waals surface area (Å²) in [5.74, 6) is 0.107. The molecule has 0 aliphatic carbocycles. The quantitative estimate of drug-likeness (QED) is 0.451. The summed E-state index contributed by atoms with van der Waals surface area (Å²) in [4.78, 5) is 7.88. The molecule has 98 valence electrons. The van der Waals surface area contributed by atoms with E-state index in [1.165, 1.54) is 5.56 Å². The van der Waals surface area contributed by atoms with Crippen molar-refractivity contribution in [2.45, 2.75) is 12.6 Å². The van der Waals surface area contributed by atoms with Crippen molar-refractivity contribution < 1.29 is 0 Å². The Morgan fingerprint density at radius 2 is 1.95 bits per heavy atom. The lowest BCUT2D eigenvalue weighted by Gasteiger charge is -2.15. The number of rotatable bonds is 5. The molecule has 19 heavy (non-hydrogen) atoms. The van der Waals surface area contributed by atoms with Crippen LogP contribution in [-0.4, -0.2) is 30.6 Å². The van der Waals surface area contributed by atoms with Crippen LogP contribution >= 0.6 is 0 Å². The van der Waals surface area contributed by atoms with Gasteiger partial charge in [0.2, 0.25) is 0 Å². The summed E-state index contributed by atoms with van der Waals surface area (Å²) in [6.45, 7) is 2.71. The van der Waals surface area contributed by atoms with E-state index < -0.39 is 0 Å². The first-order valence-corrected chi connectivity index (χ1v) is 6.15. The van der Waals surface area contributed by atoms with Gasteiger partial charge in [0.15, 0.2) is 0 Å². The second-order valence-corrected chi connectivity index (χ2v) is 4.63. The van der Waals surface area contributed by atoms with Gasteiger partial charge in [-0.05, 0) is 22.5 Å². The number of benzene rings is 1. The van der Waals surface area contributed by atoms with Crippen molar-refractivity contribution in [3.05, 3.63) is 56.8 Å². The van der Waals surface area contributed by atoms with E-state index in [0.717, 1.165) is 13.1 Å². The Hall–Kier alpha value is -2.20. The first kappa shape index (κ1) is 13.2. The summed E-state index contributed by atoms with van der Waals surface area (Å²) in [5, 5.41) is 7.40. The third-order valence-electron chi connectivity index (χ3n) is 3.31. The normalized spacial score (nSPS) is 22.5. The van der Waals surface area contributed by atoms with E-state index in [1.54, 1.807) is 0 Å². The minimum atomic E-state index is -0.112. The van der Waals surface area contributed by atoms with Crippen LogP contribution in [-0.2, 0) is 6.54 Å². The largest absolute Gasteiger partial charge is 0.298 e. The van der Waals surface area contributed by atoms with Gasteiger partial charge in [-0.15, -0.1) is 0 Å². The number of hydrogen-bond donors (Lipinski definition) is 0. The highest BCUT2D eigenvalue weighted by atomic mass is 15.2. The van der Waals surface area contributed by atoms with Crippen LogP contribution in [0, 0.1) is 5.92 Å². The molecule has 0 amide bonds. The van der Waals surface area contributed by atoms with Crippen molar-refractivity contribution in [3.8, 4) is 0 Å². The molecule has 1 aliphatic rings. The van der Waals surface area contributed by atoms with Crippen molar-refractivity contribution in [2.24, 2.45) is 16.1 Å². The molecule has 2 unspecified atom stereocenters. The lowest BCUT2D eigenvalue weighted by Crippen LogP contribution is -2.20. The van der Waals surface area contributed by atoms with Gasteiger partial charge in [0.25, 0.3) is 0 Å². The molecule has 1 aliphatic heterocycles. The molecule has 7 nitrogen and oxygen atoms in total. The molecule has 0 aromatic heterocycles. The van der Waals surface area contributed by atoms with E-state index in [1.807, 2.05) is 18.2 Å². The molecule has 0 spiro atoms. The third kappa shape index (κ3) is 3.63. The zero-order valence-corrected chi connectivity index (χ0v) is 10.5. The summed E-state index contributed by atoms with van der Waals surface area (Å²) in [6, 6.07) is 10.0. The molecule has 1 fully saturated rings. The molecule has 0 bridgehead atoms. The van der Waals surface area contributed by atoms with Gasteiger partial charge in [0, 0.05) is 36.0 Å². The molecular formula is C12H15N7. The van der Waals surface area contributed by atoms with Crippen LogP contribution in [0.25, 0.3) is 20.9 Å². The Kier molecular flexibility index (Phi) is 4.64. The first-order chi connectivity index (χ1) is 9.33. The van der Waals surface area contributed by atoms with Crippen LogP contribution in [0.1, 0.15) is 5.56 Å². The zero-order valence-electron chi connectivity index (χ0n) is 10.5. The van der Waals surface area contributed by atoms with Crippen LogP contribution in [0.15, 0.2) is 40.6 Å². The Morgan fingerprint density at radius 3 is 2.63 bits per heavy atom. The number of azide groups is 2. The van der Waals surface area contributed by atoms with Gasteiger partial charge >= 0.3 is 0 Å². The van der Waals surface area contributed by atoms with Gasteiger partial charge in [-0.3, -0.25) is 4.90 Å². The molecule has 1 aromatic carbocycles. The predicted octanol–water partition coefficient (Wildman–Crippen LogP) is 3.11. The van der Waals surface area contributed by atoms with Crippen molar-refractivity contribution in [2.75, 3.05) is 19.6 Å². The van der Waals surface area contributed by atoms with Crippen LogP contribution in [0.2, 0.25) is 0 Å². The van der Waals surface area contributed by atoms with E-state index in [4.69, 9.17) is 11.1 Å². The summed E-state index contributed by atoms with van der Waals surface area (Å²) in [6.07, 6.45) is 0. The van der Waals surface area contributed by atoms with Crippen molar-refractivity contribution in [1.82, 2.24) is 4.90 Å². The van der Waals surface area contributed by atoms with Crippen LogP contribution in [0.3, 0.4) is 0 Å². The van der Waals surface area contributed by atoms with Gasteiger partial charge in [0.1, 0.15) is 0 Å². The molecule has 1 heterocycles. The summed E-state index contributed by atoms with van der Waals surface area (Å²) in [5.41, 5.74) is 18.2. The molecule has 7 heteroatoms. The summed E-state index contributed by atoms with van der Waals surface area (Å²) >= 11 is 0. The summed E-state index contributed by atoms with van der Waals surface area (Å²) < 4.78 is 0. The fourth-order valence-corrected chi connectivity index (χ4v) is 2.43. The SMILES string of the molecule is [N-]=[N+]=NCC1CN(Cc2ccccc2)CC1N=[N+]=[N-]. The van der Waals surface area contributed by atoms with E-state index in [9.17, 15) is 0 Å². The Balaban J connectivity index is 2.01. The van der Waals surface area contributed by atoms with Crippen LogP contribution in [0.4, 0.5) is 0 Å². The predicted molar refractivity (Wildman–Crippen MR) is 72.2 cm³/mol. The van der Waals surface area contributed by atoms with E-state index in [0.29, 0.717) is 13.1 Å². The maximum absolute atomic E-state index is 8.58. The lowest BCUT2D eigenvalue weighted by atomic mass is 10.1. The molecular weight excluding hydrogens is 242 g/mol. The average molecular weight is 257 g/mol. The third-order valence-corrected chi connectivity index (χ3v) is 3.31. The number of likely N-dealkylation sites (tertiary alicyclic amines) is 1. The zero-order chi connectivity index (χ0) is 13.5. The second-order valence-electron chi connectivity index (χ2n) is 4.63. The molecule has 2 atom stereocenters. The molecule has 0 N–H and O–H groups in total. The van der Waals surface area contributed by atoms with Gasteiger partial charge in [-0.25, -0.2) is 0 Å². The molecule has 2 rings (SSSR count). The average Bonchev–Trinajstić information content (AvgIpc) is 2.80. The minimum Gasteiger partial charge on any atom is -0.298 e. The van der Waals surface area contributed by atoms with E-state index in [-0.39, 0.29) is 12.0 Å². The first-order valence-electron chi connectivity index (χ1n) is 6.15. The Labute approximate surface area is 111 Å². The summed E-state index contributed by atoms with van der Waals surface area (Å²) in [7, 11) is 0. The fraction of sp³-hybridized carbons (Fsp3) is 0.500. The highest BCUT2D eigenvalue weighted by Crippen LogP contribution is 2.22. The standard InChI is InChI=1S/C12H15N7/c13-17-15-6-11-8-19(9-12(11)16-18-14)7-10-4-2-1-3-5-10/h1-5,11-12H,6-9H2. The van der Waals surface area contributed by atoms with E-state index in [2.05, 4.69) is 37.1 Å². The Morgan fingerprint density at radius 1 is 1.16 bits per heavy atom. The van der Waals surface area contributed by atoms with Crippen LogP contribution in [0.5, 0.6) is 0 Å². The van der Waals surface area contributed by atoms with Gasteiger partial charge in [-0.2, -0.15) is 0 Å². The van der Waals surface area contributed by atoms with Gasteiger partial charge in [0.05, 0.1) is 6.04 Å². The molecule has 1 saturated heterocycles. The molecule has 0 radical (unpaired) electrons. The second kappa shape index (κ2) is 6.66. The number of hydrogen-bond acceptors (Lipinski definition) is 3. The minimum absolute atomic E-state index is 0.107. The fourth-order valence-electron chi connectivity index (χ4n) is 2.43. The molecule has 1 aromatic rings. The van der Waals surface area contributed by atoms with Crippen molar-refractivity contribution in [1.29, 1.82) is 0 Å². The topological polar surface area (TPSA) is 101 Å². The van der Waals surface area contributed by atoms with Crippen LogP contribution < -0.4 is 0 Å². The van der Waals surface area contributed by atoms with Gasteiger partial charge in [-0.1, -0.05) is 40.6 Å². The van der Waals surface area contributed by atoms with Crippen molar-refractivity contribution >= 4 is 0 Å². The maximum atomic E-state index is 8.58. The monoisotopic (exact) mass is 257 g/mol. The maximum Gasteiger partial charge on any atom is 0.0543 e. The van der Waals surface area contributed by atoms with E-state index >= 15 is 0 Å². The highest BCUT2D eigenvalue weighted by molar-refractivity contribution is 5.14. The van der Waals surface area contributed by atoms with Crippen molar-refractivity contribution in [3.63, 3.8) is 0 Å². The molecule has 0 saturated carbocycles. The van der Waals surface area contributed by atoms with Gasteiger partial charge < -0.3 is 0 Å². The highest BCUT2D eigenvalue weighted by Gasteiger charge is 2.31. The number of nitrogens with zero attached hydrogens (tertiary/aromatic N) is 7. The smallest absolute Gasteiger partial charge is 0.0543 e. The Bertz CT molecular complexity index is 502. The lowest BCUT2D eigenvalue weighted by molar-refractivity contribution is 0.317.